The number of aromatic nitrogens is 2. The van der Waals surface area contributed by atoms with E-state index in [2.05, 4.69) is 40.7 Å². The van der Waals surface area contributed by atoms with Gasteiger partial charge in [0.25, 0.3) is 0 Å². The van der Waals surface area contributed by atoms with Gasteiger partial charge in [-0.1, -0.05) is 30.3 Å². The Morgan fingerprint density at radius 3 is 2.68 bits per heavy atom. The summed E-state index contributed by atoms with van der Waals surface area (Å²) in [6, 6.07) is 10.7. The Morgan fingerprint density at radius 1 is 1.32 bits per heavy atom. The monoisotopic (exact) mass is 256 g/mol. The minimum Gasteiger partial charge on any atom is -0.389 e. The number of hydrogen-bond acceptors (Lipinski definition) is 2. The predicted molar refractivity (Wildman–Crippen MR) is 75.0 cm³/mol. The summed E-state index contributed by atoms with van der Waals surface area (Å²) in [5, 5.41) is 10.3. The van der Waals surface area contributed by atoms with Gasteiger partial charge in [-0.05, 0) is 31.7 Å². The molecule has 3 heteroatoms. The van der Waals surface area contributed by atoms with Gasteiger partial charge < -0.3 is 9.67 Å². The second-order valence-corrected chi connectivity index (χ2v) is 5.59. The van der Waals surface area contributed by atoms with Crippen molar-refractivity contribution in [1.82, 2.24) is 9.55 Å². The Kier molecular flexibility index (Phi) is 3.15. The highest BCUT2D eigenvalue weighted by atomic mass is 16.3. The lowest BCUT2D eigenvalue weighted by Crippen LogP contribution is -2.40. The SMILES string of the molecule is CC(c1ccccc1)n1ccnc1CC1(O)CCC1. The van der Waals surface area contributed by atoms with Crippen LogP contribution in [0.1, 0.15) is 43.6 Å². The van der Waals surface area contributed by atoms with Crippen LogP contribution in [-0.4, -0.2) is 20.3 Å². The van der Waals surface area contributed by atoms with Gasteiger partial charge in [-0.15, -0.1) is 0 Å². The number of benzene rings is 1. The first kappa shape index (κ1) is 12.4. The Balaban J connectivity index is 1.83. The molecule has 1 heterocycles. The van der Waals surface area contributed by atoms with Crippen LogP contribution < -0.4 is 0 Å². The van der Waals surface area contributed by atoms with Crippen molar-refractivity contribution in [2.45, 2.75) is 44.2 Å². The molecule has 1 fully saturated rings. The van der Waals surface area contributed by atoms with Gasteiger partial charge in [-0.25, -0.2) is 4.98 Å². The van der Waals surface area contributed by atoms with E-state index < -0.39 is 5.60 Å². The second-order valence-electron chi connectivity index (χ2n) is 5.59. The predicted octanol–water partition coefficient (Wildman–Crippen LogP) is 2.95. The topological polar surface area (TPSA) is 38.0 Å². The van der Waals surface area contributed by atoms with E-state index in [1.807, 2.05) is 18.5 Å². The van der Waals surface area contributed by atoms with Crippen LogP contribution in [0.4, 0.5) is 0 Å². The van der Waals surface area contributed by atoms with Crippen LogP contribution in [0.25, 0.3) is 0 Å². The Morgan fingerprint density at radius 2 is 2.05 bits per heavy atom. The lowest BCUT2D eigenvalue weighted by molar-refractivity contribution is -0.0345. The zero-order valence-electron chi connectivity index (χ0n) is 11.3. The highest BCUT2D eigenvalue weighted by molar-refractivity contribution is 5.20. The standard InChI is InChI=1S/C16H20N2O/c1-13(14-6-3-2-4-7-14)18-11-10-17-15(18)12-16(19)8-5-9-16/h2-4,6-7,10-11,13,19H,5,8-9,12H2,1H3. The molecule has 0 spiro atoms. The minimum atomic E-state index is -0.514. The van der Waals surface area contributed by atoms with Gasteiger partial charge >= 0.3 is 0 Å². The maximum absolute atomic E-state index is 10.3. The molecule has 0 amide bonds. The van der Waals surface area contributed by atoms with Crippen LogP contribution in [0, 0.1) is 0 Å². The Bertz CT molecular complexity index is 543. The molecule has 0 saturated heterocycles. The molecule has 100 valence electrons. The third-order valence-electron chi connectivity index (χ3n) is 4.22. The van der Waals surface area contributed by atoms with Crippen molar-refractivity contribution in [3.05, 3.63) is 54.1 Å². The lowest BCUT2D eigenvalue weighted by Gasteiger charge is -2.36. The fraction of sp³-hybridized carbons (Fsp3) is 0.438. The fourth-order valence-corrected chi connectivity index (χ4v) is 2.78. The Hall–Kier alpha value is -1.61. The summed E-state index contributed by atoms with van der Waals surface area (Å²) >= 11 is 0. The number of hydrogen-bond donors (Lipinski definition) is 1. The van der Waals surface area contributed by atoms with Crippen molar-refractivity contribution in [3.63, 3.8) is 0 Å². The van der Waals surface area contributed by atoms with Crippen molar-refractivity contribution in [3.8, 4) is 0 Å². The van der Waals surface area contributed by atoms with Crippen LogP contribution in [0.15, 0.2) is 42.7 Å². The highest BCUT2D eigenvalue weighted by Gasteiger charge is 2.36. The first-order chi connectivity index (χ1) is 9.18. The summed E-state index contributed by atoms with van der Waals surface area (Å²) in [5.41, 5.74) is 0.752. The van der Waals surface area contributed by atoms with Crippen molar-refractivity contribution >= 4 is 0 Å². The number of nitrogens with zero attached hydrogens (tertiary/aromatic N) is 2. The van der Waals surface area contributed by atoms with Crippen LogP contribution in [0.5, 0.6) is 0 Å². The van der Waals surface area contributed by atoms with Crippen LogP contribution in [-0.2, 0) is 6.42 Å². The lowest BCUT2D eigenvalue weighted by atomic mass is 9.77. The maximum atomic E-state index is 10.3. The summed E-state index contributed by atoms with van der Waals surface area (Å²) in [4.78, 5) is 4.43. The molecule has 2 aromatic rings. The zero-order valence-corrected chi connectivity index (χ0v) is 11.3. The van der Waals surface area contributed by atoms with Gasteiger partial charge in [0.1, 0.15) is 5.82 Å². The minimum absolute atomic E-state index is 0.252. The molecule has 1 aliphatic rings. The van der Waals surface area contributed by atoms with Crippen LogP contribution in [0.2, 0.25) is 0 Å². The maximum Gasteiger partial charge on any atom is 0.112 e. The van der Waals surface area contributed by atoms with Crippen molar-refractivity contribution < 1.29 is 5.11 Å². The fourth-order valence-electron chi connectivity index (χ4n) is 2.78. The molecule has 3 nitrogen and oxygen atoms in total. The van der Waals surface area contributed by atoms with E-state index in [0.717, 1.165) is 25.1 Å². The number of imidazole rings is 1. The smallest absolute Gasteiger partial charge is 0.112 e. The normalized spacial score (nSPS) is 18.8. The highest BCUT2D eigenvalue weighted by Crippen LogP contribution is 2.35. The zero-order chi connectivity index (χ0) is 13.3. The van der Waals surface area contributed by atoms with Crippen molar-refractivity contribution in [1.29, 1.82) is 0 Å². The van der Waals surface area contributed by atoms with Crippen molar-refractivity contribution in [2.24, 2.45) is 0 Å². The van der Waals surface area contributed by atoms with Gasteiger partial charge in [-0.2, -0.15) is 0 Å². The van der Waals surface area contributed by atoms with E-state index in [1.165, 1.54) is 5.56 Å². The summed E-state index contributed by atoms with van der Waals surface area (Å²) in [6.07, 6.45) is 7.44. The average molecular weight is 256 g/mol. The molecular weight excluding hydrogens is 236 g/mol. The summed E-state index contributed by atoms with van der Waals surface area (Å²) < 4.78 is 2.17. The molecule has 1 aliphatic carbocycles. The van der Waals surface area contributed by atoms with Crippen molar-refractivity contribution in [2.75, 3.05) is 0 Å². The van der Waals surface area contributed by atoms with E-state index in [9.17, 15) is 5.11 Å². The third kappa shape index (κ3) is 2.43. The number of rotatable bonds is 4. The second kappa shape index (κ2) is 4.82. The van der Waals surface area contributed by atoms with E-state index in [1.54, 1.807) is 0 Å². The van der Waals surface area contributed by atoms with Gasteiger partial charge in [0, 0.05) is 18.8 Å². The van der Waals surface area contributed by atoms with Gasteiger partial charge in [-0.3, -0.25) is 0 Å². The number of aliphatic hydroxyl groups is 1. The van der Waals surface area contributed by atoms with E-state index in [-0.39, 0.29) is 6.04 Å². The molecule has 1 atom stereocenters. The average Bonchev–Trinajstić information content (AvgIpc) is 2.85. The molecule has 3 rings (SSSR count). The third-order valence-corrected chi connectivity index (χ3v) is 4.22. The summed E-state index contributed by atoms with van der Waals surface area (Å²) in [5.74, 6) is 0.985. The Labute approximate surface area is 113 Å². The first-order valence-corrected chi connectivity index (χ1v) is 6.97. The van der Waals surface area contributed by atoms with E-state index >= 15 is 0 Å². The molecule has 1 N–H and O–H groups in total. The molecule has 19 heavy (non-hydrogen) atoms. The molecule has 0 radical (unpaired) electrons. The van der Waals surface area contributed by atoms with Crippen LogP contribution >= 0.6 is 0 Å². The molecule has 1 aromatic carbocycles. The summed E-state index contributed by atoms with van der Waals surface area (Å²) in [7, 11) is 0. The first-order valence-electron chi connectivity index (χ1n) is 6.97. The quantitative estimate of drug-likeness (QED) is 0.913. The van der Waals surface area contributed by atoms with Gasteiger partial charge in [0.15, 0.2) is 0 Å². The molecule has 1 saturated carbocycles. The van der Waals surface area contributed by atoms with Crippen LogP contribution in [0.3, 0.4) is 0 Å². The molecule has 1 aromatic heterocycles. The molecule has 0 bridgehead atoms. The molecule has 1 unspecified atom stereocenters. The van der Waals surface area contributed by atoms with E-state index in [0.29, 0.717) is 6.42 Å². The van der Waals surface area contributed by atoms with Gasteiger partial charge in [0.2, 0.25) is 0 Å². The molecule has 0 aliphatic heterocycles. The largest absolute Gasteiger partial charge is 0.389 e. The summed E-state index contributed by atoms with van der Waals surface area (Å²) in [6.45, 7) is 2.17. The van der Waals surface area contributed by atoms with E-state index in [4.69, 9.17) is 0 Å². The molecular formula is C16H20N2O. The van der Waals surface area contributed by atoms with Gasteiger partial charge in [0.05, 0.1) is 11.6 Å².